The van der Waals surface area contributed by atoms with Crippen LogP contribution in [0.4, 0.5) is 0 Å². The largest absolute Gasteiger partial charge is 0.374 e. The highest BCUT2D eigenvalue weighted by atomic mass is 15.2. The normalized spacial score (nSPS) is 16.6. The quantitative estimate of drug-likeness (QED) is 0.708. The Morgan fingerprint density at radius 3 is 2.71 bits per heavy atom. The molecule has 0 atom stereocenters. The fourth-order valence-electron chi connectivity index (χ4n) is 1.70. The highest BCUT2D eigenvalue weighted by Gasteiger charge is 2.28. The van der Waals surface area contributed by atoms with Gasteiger partial charge in [-0.15, -0.1) is 0 Å². The molecule has 1 aliphatic heterocycles. The van der Waals surface area contributed by atoms with E-state index in [1.54, 1.807) is 0 Å². The SMILES string of the molecule is C=C(C)N1CC(c2ccc(C)cn2)C1. The Morgan fingerprint density at radius 1 is 1.50 bits per heavy atom. The monoisotopic (exact) mass is 188 g/mol. The molecule has 2 heteroatoms. The maximum atomic E-state index is 4.44. The molecule has 1 aromatic heterocycles. The lowest BCUT2D eigenvalue weighted by molar-refractivity contribution is 0.197. The summed E-state index contributed by atoms with van der Waals surface area (Å²) < 4.78 is 0. The van der Waals surface area contributed by atoms with E-state index in [1.165, 1.54) is 11.3 Å². The summed E-state index contributed by atoms with van der Waals surface area (Å²) in [5, 5.41) is 0. The zero-order valence-corrected chi connectivity index (χ0v) is 8.83. The molecule has 1 fully saturated rings. The van der Waals surface area contributed by atoms with Gasteiger partial charge in [0.1, 0.15) is 0 Å². The molecule has 74 valence electrons. The summed E-state index contributed by atoms with van der Waals surface area (Å²) in [6.45, 7) is 10.2. The number of likely N-dealkylation sites (tertiary alicyclic amines) is 1. The Hall–Kier alpha value is -1.31. The lowest BCUT2D eigenvalue weighted by Gasteiger charge is -2.40. The average molecular weight is 188 g/mol. The second-order valence-electron chi connectivity index (χ2n) is 4.10. The van der Waals surface area contributed by atoms with Crippen LogP contribution in [-0.4, -0.2) is 23.0 Å². The maximum Gasteiger partial charge on any atom is 0.0470 e. The van der Waals surface area contributed by atoms with Gasteiger partial charge in [0.15, 0.2) is 0 Å². The molecule has 0 radical (unpaired) electrons. The minimum atomic E-state index is 0.604. The van der Waals surface area contributed by atoms with Crippen LogP contribution >= 0.6 is 0 Å². The van der Waals surface area contributed by atoms with Crippen LogP contribution < -0.4 is 0 Å². The molecule has 0 spiro atoms. The van der Waals surface area contributed by atoms with Crippen molar-refractivity contribution in [2.24, 2.45) is 0 Å². The van der Waals surface area contributed by atoms with E-state index in [-0.39, 0.29) is 0 Å². The third kappa shape index (κ3) is 1.65. The number of rotatable bonds is 2. The first-order chi connectivity index (χ1) is 6.66. The van der Waals surface area contributed by atoms with Crippen molar-refractivity contribution in [3.05, 3.63) is 41.9 Å². The number of nitrogens with zero attached hydrogens (tertiary/aromatic N) is 2. The Morgan fingerprint density at radius 2 is 2.21 bits per heavy atom. The fraction of sp³-hybridized carbons (Fsp3) is 0.417. The highest BCUT2D eigenvalue weighted by Crippen LogP contribution is 2.27. The van der Waals surface area contributed by atoms with Gasteiger partial charge in [0.25, 0.3) is 0 Å². The number of aromatic nitrogens is 1. The van der Waals surface area contributed by atoms with Crippen molar-refractivity contribution in [1.82, 2.24) is 9.88 Å². The summed E-state index contributed by atoms with van der Waals surface area (Å²) in [5.41, 5.74) is 3.60. The van der Waals surface area contributed by atoms with E-state index in [0.29, 0.717) is 5.92 Å². The van der Waals surface area contributed by atoms with E-state index < -0.39 is 0 Å². The zero-order valence-electron chi connectivity index (χ0n) is 8.83. The predicted octanol–water partition coefficient (Wildman–Crippen LogP) is 2.32. The predicted molar refractivity (Wildman–Crippen MR) is 58.1 cm³/mol. The van der Waals surface area contributed by atoms with E-state index in [4.69, 9.17) is 0 Å². The lowest BCUT2D eigenvalue weighted by atomic mass is 9.95. The fourth-order valence-corrected chi connectivity index (χ4v) is 1.70. The molecule has 0 aromatic carbocycles. The van der Waals surface area contributed by atoms with Crippen molar-refractivity contribution < 1.29 is 0 Å². The smallest absolute Gasteiger partial charge is 0.0470 e. The van der Waals surface area contributed by atoms with Crippen LogP contribution in [0.15, 0.2) is 30.6 Å². The summed E-state index contributed by atoms with van der Waals surface area (Å²) in [6, 6.07) is 4.27. The molecular formula is C12H16N2. The van der Waals surface area contributed by atoms with Gasteiger partial charge in [-0.25, -0.2) is 0 Å². The first kappa shape index (κ1) is 9.25. The van der Waals surface area contributed by atoms with Crippen molar-refractivity contribution in [2.45, 2.75) is 19.8 Å². The molecule has 0 N–H and O–H groups in total. The third-order valence-electron chi connectivity index (χ3n) is 2.77. The van der Waals surface area contributed by atoms with Crippen molar-refractivity contribution in [3.63, 3.8) is 0 Å². The second-order valence-corrected chi connectivity index (χ2v) is 4.10. The Kier molecular flexibility index (Phi) is 2.28. The van der Waals surface area contributed by atoms with Crippen LogP contribution in [0.25, 0.3) is 0 Å². The molecule has 1 saturated heterocycles. The Bertz CT molecular complexity index is 334. The molecule has 1 aliphatic rings. The van der Waals surface area contributed by atoms with Crippen LogP contribution in [0.2, 0.25) is 0 Å². The van der Waals surface area contributed by atoms with Crippen LogP contribution in [0.3, 0.4) is 0 Å². The molecule has 1 aromatic rings. The summed E-state index contributed by atoms with van der Waals surface area (Å²) in [6.07, 6.45) is 1.94. The Balaban J connectivity index is 2.00. The Labute approximate surface area is 85.3 Å². The van der Waals surface area contributed by atoms with Gasteiger partial charge in [-0.1, -0.05) is 12.6 Å². The van der Waals surface area contributed by atoms with Crippen molar-refractivity contribution in [2.75, 3.05) is 13.1 Å². The second kappa shape index (κ2) is 3.45. The molecule has 0 saturated carbocycles. The average Bonchev–Trinajstić information content (AvgIpc) is 2.05. The minimum Gasteiger partial charge on any atom is -0.374 e. The molecule has 2 nitrogen and oxygen atoms in total. The standard InChI is InChI=1S/C12H16N2/c1-9(2)14-7-11(8-14)12-5-4-10(3)6-13-12/h4-6,11H,1,7-8H2,2-3H3. The van der Waals surface area contributed by atoms with Gasteiger partial charge in [0, 0.05) is 36.6 Å². The molecular weight excluding hydrogens is 172 g/mol. The van der Waals surface area contributed by atoms with Gasteiger partial charge < -0.3 is 4.90 Å². The lowest BCUT2D eigenvalue weighted by Crippen LogP contribution is -2.43. The molecule has 0 aliphatic carbocycles. The number of aryl methyl sites for hydroxylation is 1. The summed E-state index contributed by atoms with van der Waals surface area (Å²) in [4.78, 5) is 6.72. The molecule has 0 unspecified atom stereocenters. The maximum absolute atomic E-state index is 4.44. The highest BCUT2D eigenvalue weighted by molar-refractivity contribution is 5.19. The van der Waals surface area contributed by atoms with E-state index in [1.807, 2.05) is 6.20 Å². The molecule has 2 heterocycles. The minimum absolute atomic E-state index is 0.604. The first-order valence-electron chi connectivity index (χ1n) is 5.00. The third-order valence-corrected chi connectivity index (χ3v) is 2.77. The number of hydrogen-bond donors (Lipinski definition) is 0. The van der Waals surface area contributed by atoms with Gasteiger partial charge in [-0.2, -0.15) is 0 Å². The topological polar surface area (TPSA) is 16.1 Å². The number of hydrogen-bond acceptors (Lipinski definition) is 2. The van der Waals surface area contributed by atoms with Crippen LogP contribution in [0.5, 0.6) is 0 Å². The molecule has 0 amide bonds. The summed E-state index contributed by atoms with van der Waals surface area (Å²) in [7, 11) is 0. The molecule has 0 bridgehead atoms. The number of allylic oxidation sites excluding steroid dienone is 1. The van der Waals surface area contributed by atoms with Crippen molar-refractivity contribution in [1.29, 1.82) is 0 Å². The van der Waals surface area contributed by atoms with Gasteiger partial charge in [0.2, 0.25) is 0 Å². The number of pyridine rings is 1. The van der Waals surface area contributed by atoms with Gasteiger partial charge in [-0.3, -0.25) is 4.98 Å². The zero-order chi connectivity index (χ0) is 10.1. The molecule has 14 heavy (non-hydrogen) atoms. The van der Waals surface area contributed by atoms with Crippen LogP contribution in [0.1, 0.15) is 24.1 Å². The first-order valence-corrected chi connectivity index (χ1v) is 5.00. The van der Waals surface area contributed by atoms with Crippen LogP contribution in [0, 0.1) is 6.92 Å². The summed E-state index contributed by atoms with van der Waals surface area (Å²) in [5.74, 6) is 0.604. The van der Waals surface area contributed by atoms with E-state index in [2.05, 4.69) is 42.4 Å². The van der Waals surface area contributed by atoms with E-state index in [9.17, 15) is 0 Å². The van der Waals surface area contributed by atoms with Gasteiger partial charge in [-0.05, 0) is 25.5 Å². The van der Waals surface area contributed by atoms with Gasteiger partial charge in [0.05, 0.1) is 0 Å². The van der Waals surface area contributed by atoms with Gasteiger partial charge >= 0.3 is 0 Å². The van der Waals surface area contributed by atoms with Crippen molar-refractivity contribution >= 4 is 0 Å². The van der Waals surface area contributed by atoms with E-state index >= 15 is 0 Å². The van der Waals surface area contributed by atoms with Crippen molar-refractivity contribution in [3.8, 4) is 0 Å². The molecule has 2 rings (SSSR count). The summed E-state index contributed by atoms with van der Waals surface area (Å²) >= 11 is 0. The van der Waals surface area contributed by atoms with E-state index in [0.717, 1.165) is 18.8 Å². The van der Waals surface area contributed by atoms with Crippen LogP contribution in [-0.2, 0) is 0 Å².